The zero-order valence-electron chi connectivity index (χ0n) is 12.2. The Balaban J connectivity index is 2.33. The second-order valence-electron chi connectivity index (χ2n) is 4.56. The van der Waals surface area contributed by atoms with Crippen LogP contribution in [-0.4, -0.2) is 57.5 Å². The van der Waals surface area contributed by atoms with E-state index in [4.69, 9.17) is 20.9 Å². The van der Waals surface area contributed by atoms with Crippen LogP contribution in [0.25, 0.3) is 0 Å². The summed E-state index contributed by atoms with van der Waals surface area (Å²) in [5.41, 5.74) is 12.1. The van der Waals surface area contributed by atoms with Crippen LogP contribution in [0.5, 0.6) is 0 Å². The fourth-order valence-corrected chi connectivity index (χ4v) is 1.87. The van der Waals surface area contributed by atoms with Gasteiger partial charge in [-0.2, -0.15) is 0 Å². The molecule has 20 heavy (non-hydrogen) atoms. The van der Waals surface area contributed by atoms with E-state index in [1.165, 1.54) is 5.56 Å². The van der Waals surface area contributed by atoms with Crippen LogP contribution < -0.4 is 11.5 Å². The molecular weight excluding hydrogens is 254 g/mol. The average Bonchev–Trinajstić information content (AvgIpc) is 2.49. The van der Waals surface area contributed by atoms with E-state index < -0.39 is 0 Å². The predicted octanol–water partition coefficient (Wildman–Crippen LogP) is 0.439. The fraction of sp³-hybridized carbons (Fsp3) is 0.600. The SMILES string of the molecule is NCCOCCN(CCOCCN)Cc1ccccc1. The average molecular weight is 281 g/mol. The minimum Gasteiger partial charge on any atom is -0.379 e. The highest BCUT2D eigenvalue weighted by Gasteiger charge is 2.06. The van der Waals surface area contributed by atoms with Crippen LogP contribution in [0.15, 0.2) is 30.3 Å². The Morgan fingerprint density at radius 2 is 1.35 bits per heavy atom. The lowest BCUT2D eigenvalue weighted by Crippen LogP contribution is -2.31. The number of benzene rings is 1. The van der Waals surface area contributed by atoms with Crippen molar-refractivity contribution < 1.29 is 9.47 Å². The summed E-state index contributed by atoms with van der Waals surface area (Å²) in [7, 11) is 0. The van der Waals surface area contributed by atoms with Crippen LogP contribution >= 0.6 is 0 Å². The van der Waals surface area contributed by atoms with Crippen molar-refractivity contribution in [1.82, 2.24) is 4.90 Å². The summed E-state index contributed by atoms with van der Waals surface area (Å²) in [6.07, 6.45) is 0. The van der Waals surface area contributed by atoms with Gasteiger partial charge in [0.25, 0.3) is 0 Å². The molecule has 5 nitrogen and oxygen atoms in total. The highest BCUT2D eigenvalue weighted by Crippen LogP contribution is 2.04. The standard InChI is InChI=1S/C15H27N3O2/c16-6-10-19-12-8-18(9-13-20-11-7-17)14-15-4-2-1-3-5-15/h1-5H,6-14,16-17H2. The highest BCUT2D eigenvalue weighted by atomic mass is 16.5. The first-order valence-electron chi connectivity index (χ1n) is 7.18. The summed E-state index contributed by atoms with van der Waals surface area (Å²) >= 11 is 0. The molecule has 0 aliphatic carbocycles. The van der Waals surface area contributed by atoms with Crippen molar-refractivity contribution in [3.63, 3.8) is 0 Å². The summed E-state index contributed by atoms with van der Waals surface area (Å²) in [5, 5.41) is 0. The third-order valence-electron chi connectivity index (χ3n) is 2.88. The monoisotopic (exact) mass is 281 g/mol. The van der Waals surface area contributed by atoms with Gasteiger partial charge in [0.15, 0.2) is 0 Å². The molecule has 0 radical (unpaired) electrons. The molecule has 0 saturated carbocycles. The zero-order valence-corrected chi connectivity index (χ0v) is 12.2. The first-order valence-corrected chi connectivity index (χ1v) is 7.18. The molecule has 0 amide bonds. The van der Waals surface area contributed by atoms with Gasteiger partial charge in [-0.25, -0.2) is 0 Å². The normalized spacial score (nSPS) is 11.2. The number of hydrogen-bond donors (Lipinski definition) is 2. The molecule has 0 unspecified atom stereocenters. The molecule has 0 atom stereocenters. The Kier molecular flexibility index (Phi) is 10.1. The van der Waals surface area contributed by atoms with E-state index in [0.29, 0.717) is 39.5 Å². The molecule has 0 spiro atoms. The lowest BCUT2D eigenvalue weighted by atomic mass is 10.2. The quantitative estimate of drug-likeness (QED) is 0.544. The van der Waals surface area contributed by atoms with Crippen LogP contribution in [0.2, 0.25) is 0 Å². The largest absolute Gasteiger partial charge is 0.379 e. The van der Waals surface area contributed by atoms with Gasteiger partial charge < -0.3 is 20.9 Å². The van der Waals surface area contributed by atoms with Gasteiger partial charge >= 0.3 is 0 Å². The van der Waals surface area contributed by atoms with E-state index >= 15 is 0 Å². The fourth-order valence-electron chi connectivity index (χ4n) is 1.87. The van der Waals surface area contributed by atoms with Crippen LogP contribution in [0.1, 0.15) is 5.56 Å². The van der Waals surface area contributed by atoms with Crippen LogP contribution in [0.3, 0.4) is 0 Å². The number of rotatable bonds is 12. The van der Waals surface area contributed by atoms with Gasteiger partial charge in [0.2, 0.25) is 0 Å². The Hall–Kier alpha value is -0.980. The molecule has 114 valence electrons. The molecule has 1 aromatic rings. The number of hydrogen-bond acceptors (Lipinski definition) is 5. The van der Waals surface area contributed by atoms with Crippen molar-refractivity contribution in [2.75, 3.05) is 52.6 Å². The molecule has 0 saturated heterocycles. The molecule has 0 bridgehead atoms. The second kappa shape index (κ2) is 11.8. The van der Waals surface area contributed by atoms with Gasteiger partial charge in [-0.1, -0.05) is 30.3 Å². The maximum atomic E-state index is 5.45. The highest BCUT2D eigenvalue weighted by molar-refractivity contribution is 5.14. The molecule has 1 rings (SSSR count). The van der Waals surface area contributed by atoms with E-state index in [9.17, 15) is 0 Å². The second-order valence-corrected chi connectivity index (χ2v) is 4.56. The molecule has 5 heteroatoms. The van der Waals surface area contributed by atoms with E-state index in [-0.39, 0.29) is 0 Å². The molecular formula is C15H27N3O2. The summed E-state index contributed by atoms with van der Waals surface area (Å²) in [5.74, 6) is 0. The minimum atomic E-state index is 0.568. The van der Waals surface area contributed by atoms with Gasteiger partial charge in [-0.3, -0.25) is 4.90 Å². The van der Waals surface area contributed by atoms with Gasteiger partial charge in [0.05, 0.1) is 26.4 Å². The lowest BCUT2D eigenvalue weighted by Gasteiger charge is -2.22. The Labute approximate surface area is 121 Å². The van der Waals surface area contributed by atoms with E-state index in [1.807, 2.05) is 6.07 Å². The van der Waals surface area contributed by atoms with Gasteiger partial charge in [-0.15, -0.1) is 0 Å². The molecule has 0 aromatic heterocycles. The van der Waals surface area contributed by atoms with E-state index in [2.05, 4.69) is 29.2 Å². The number of ether oxygens (including phenoxy) is 2. The summed E-state index contributed by atoms with van der Waals surface area (Å²) in [4.78, 5) is 2.32. The van der Waals surface area contributed by atoms with Crippen molar-refractivity contribution in [2.45, 2.75) is 6.54 Å². The zero-order chi connectivity index (χ0) is 14.5. The van der Waals surface area contributed by atoms with Crippen LogP contribution in [0.4, 0.5) is 0 Å². The van der Waals surface area contributed by atoms with Crippen molar-refractivity contribution in [1.29, 1.82) is 0 Å². The Morgan fingerprint density at radius 3 is 1.85 bits per heavy atom. The van der Waals surface area contributed by atoms with Crippen LogP contribution in [-0.2, 0) is 16.0 Å². The van der Waals surface area contributed by atoms with Crippen molar-refractivity contribution in [2.24, 2.45) is 11.5 Å². The molecule has 0 aliphatic rings. The lowest BCUT2D eigenvalue weighted by molar-refractivity contribution is 0.0762. The molecule has 0 heterocycles. The molecule has 1 aromatic carbocycles. The van der Waals surface area contributed by atoms with Gasteiger partial charge in [-0.05, 0) is 5.56 Å². The van der Waals surface area contributed by atoms with Gasteiger partial charge in [0, 0.05) is 32.7 Å². The molecule has 0 fully saturated rings. The third kappa shape index (κ3) is 8.24. The van der Waals surface area contributed by atoms with Crippen molar-refractivity contribution in [3.05, 3.63) is 35.9 Å². The summed E-state index contributed by atoms with van der Waals surface area (Å²) in [6.45, 7) is 6.41. The van der Waals surface area contributed by atoms with Crippen molar-refractivity contribution in [3.8, 4) is 0 Å². The summed E-state index contributed by atoms with van der Waals surface area (Å²) < 4.78 is 10.9. The van der Waals surface area contributed by atoms with Crippen LogP contribution in [0, 0.1) is 0 Å². The maximum Gasteiger partial charge on any atom is 0.0594 e. The first-order chi connectivity index (χ1) is 9.86. The topological polar surface area (TPSA) is 73.7 Å². The van der Waals surface area contributed by atoms with E-state index in [0.717, 1.165) is 19.6 Å². The number of nitrogens with two attached hydrogens (primary N) is 2. The smallest absolute Gasteiger partial charge is 0.0594 e. The van der Waals surface area contributed by atoms with Crippen molar-refractivity contribution >= 4 is 0 Å². The maximum absolute atomic E-state index is 5.45. The number of nitrogens with zero attached hydrogens (tertiary/aromatic N) is 1. The Bertz CT molecular complexity index is 310. The third-order valence-corrected chi connectivity index (χ3v) is 2.88. The van der Waals surface area contributed by atoms with E-state index in [1.54, 1.807) is 0 Å². The Morgan fingerprint density at radius 1 is 0.800 bits per heavy atom. The molecule has 0 aliphatic heterocycles. The first kappa shape index (κ1) is 17.1. The van der Waals surface area contributed by atoms with Gasteiger partial charge in [0.1, 0.15) is 0 Å². The summed E-state index contributed by atoms with van der Waals surface area (Å²) in [6, 6.07) is 10.4. The predicted molar refractivity (Wildman–Crippen MR) is 81.5 cm³/mol. The minimum absolute atomic E-state index is 0.568. The molecule has 4 N–H and O–H groups in total.